The van der Waals surface area contributed by atoms with Crippen molar-refractivity contribution in [2.75, 3.05) is 19.6 Å². The zero-order chi connectivity index (χ0) is 17.7. The lowest BCUT2D eigenvalue weighted by Crippen LogP contribution is -2.52. The van der Waals surface area contributed by atoms with Gasteiger partial charge in [0.25, 0.3) is 5.91 Å². The van der Waals surface area contributed by atoms with E-state index in [1.165, 1.54) is 6.26 Å². The van der Waals surface area contributed by atoms with Gasteiger partial charge < -0.3 is 20.4 Å². The number of furan rings is 1. The lowest BCUT2D eigenvalue weighted by molar-refractivity contribution is -0.143. The van der Waals surface area contributed by atoms with Crippen molar-refractivity contribution in [3.63, 3.8) is 0 Å². The quantitative estimate of drug-likeness (QED) is 0.833. The lowest BCUT2D eigenvalue weighted by Gasteiger charge is -2.39. The van der Waals surface area contributed by atoms with Crippen LogP contribution in [0.3, 0.4) is 0 Å². The van der Waals surface area contributed by atoms with Crippen molar-refractivity contribution >= 4 is 11.8 Å². The maximum atomic E-state index is 12.8. The second-order valence-electron chi connectivity index (χ2n) is 6.62. The molecule has 1 fully saturated rings. The van der Waals surface area contributed by atoms with E-state index in [0.29, 0.717) is 31.0 Å². The number of nitrogens with one attached hydrogen (secondary N) is 1. The highest BCUT2D eigenvalue weighted by atomic mass is 16.3. The molecule has 0 saturated carbocycles. The molecule has 1 aliphatic rings. The molecular formula is C18H29N3O3. The number of amides is 2. The number of rotatable bonds is 6. The summed E-state index contributed by atoms with van der Waals surface area (Å²) in [6.45, 7) is 7.53. The van der Waals surface area contributed by atoms with Crippen LogP contribution in [0.15, 0.2) is 16.7 Å². The van der Waals surface area contributed by atoms with Gasteiger partial charge in [-0.15, -0.1) is 0 Å². The molecular weight excluding hydrogens is 306 g/mol. The van der Waals surface area contributed by atoms with Gasteiger partial charge in [-0.25, -0.2) is 0 Å². The van der Waals surface area contributed by atoms with Gasteiger partial charge in [-0.3, -0.25) is 9.59 Å². The third kappa shape index (κ3) is 3.64. The first-order valence-corrected chi connectivity index (χ1v) is 8.81. The van der Waals surface area contributed by atoms with Gasteiger partial charge in [0.2, 0.25) is 5.91 Å². The molecule has 1 aromatic rings. The highest BCUT2D eigenvalue weighted by molar-refractivity contribution is 5.95. The van der Waals surface area contributed by atoms with E-state index in [-0.39, 0.29) is 17.9 Å². The van der Waals surface area contributed by atoms with E-state index < -0.39 is 5.41 Å². The van der Waals surface area contributed by atoms with Crippen molar-refractivity contribution in [2.45, 2.75) is 52.5 Å². The lowest BCUT2D eigenvalue weighted by atomic mass is 9.80. The zero-order valence-electron chi connectivity index (χ0n) is 14.9. The maximum Gasteiger partial charge on any atom is 0.255 e. The first-order chi connectivity index (χ1) is 11.5. The third-order valence-electron chi connectivity index (χ3n) is 5.42. The van der Waals surface area contributed by atoms with Crippen molar-refractivity contribution in [1.29, 1.82) is 0 Å². The van der Waals surface area contributed by atoms with Gasteiger partial charge in [0, 0.05) is 25.7 Å². The van der Waals surface area contributed by atoms with E-state index in [2.05, 4.69) is 5.32 Å². The summed E-state index contributed by atoms with van der Waals surface area (Å²) in [5.41, 5.74) is 6.02. The molecule has 0 radical (unpaired) electrons. The van der Waals surface area contributed by atoms with E-state index in [1.807, 2.05) is 18.7 Å². The fourth-order valence-electron chi connectivity index (χ4n) is 3.37. The Balaban J connectivity index is 1.90. The summed E-state index contributed by atoms with van der Waals surface area (Å²) in [7, 11) is 0. The fraction of sp³-hybridized carbons (Fsp3) is 0.667. The van der Waals surface area contributed by atoms with E-state index in [0.717, 1.165) is 25.7 Å². The van der Waals surface area contributed by atoms with Crippen LogP contribution in [0.4, 0.5) is 0 Å². The molecule has 0 aliphatic carbocycles. The molecule has 6 heteroatoms. The molecule has 1 saturated heterocycles. The molecule has 1 aliphatic heterocycles. The number of piperidine rings is 1. The first kappa shape index (κ1) is 18.5. The van der Waals surface area contributed by atoms with Gasteiger partial charge >= 0.3 is 0 Å². The monoisotopic (exact) mass is 335 g/mol. The average Bonchev–Trinajstić information content (AvgIpc) is 3.03. The summed E-state index contributed by atoms with van der Waals surface area (Å²) in [4.78, 5) is 27.0. The average molecular weight is 335 g/mol. The number of nitrogens with zero attached hydrogens (tertiary/aromatic N) is 1. The van der Waals surface area contributed by atoms with Crippen molar-refractivity contribution < 1.29 is 14.0 Å². The molecule has 0 unspecified atom stereocenters. The van der Waals surface area contributed by atoms with Gasteiger partial charge in [-0.1, -0.05) is 13.8 Å². The van der Waals surface area contributed by atoms with Gasteiger partial charge in [0.15, 0.2) is 0 Å². The van der Waals surface area contributed by atoms with Crippen LogP contribution in [0.25, 0.3) is 0 Å². The minimum Gasteiger partial charge on any atom is -0.469 e. The topological polar surface area (TPSA) is 88.6 Å². The Kier molecular flexibility index (Phi) is 6.04. The number of aryl methyl sites for hydroxylation is 1. The molecule has 2 amide bonds. The molecule has 3 N–H and O–H groups in total. The first-order valence-electron chi connectivity index (χ1n) is 8.81. The van der Waals surface area contributed by atoms with Gasteiger partial charge in [-0.05, 0) is 38.7 Å². The minimum absolute atomic E-state index is 0.0892. The molecule has 0 bridgehead atoms. The van der Waals surface area contributed by atoms with E-state index >= 15 is 0 Å². The highest BCUT2D eigenvalue weighted by Gasteiger charge is 2.38. The Morgan fingerprint density at radius 1 is 1.33 bits per heavy atom. The Hall–Kier alpha value is -1.82. The van der Waals surface area contributed by atoms with Crippen molar-refractivity contribution in [3.05, 3.63) is 23.7 Å². The molecule has 0 spiro atoms. The predicted octanol–water partition coefficient (Wildman–Crippen LogP) is 2.07. The Labute approximate surface area is 143 Å². The highest BCUT2D eigenvalue weighted by Crippen LogP contribution is 2.29. The van der Waals surface area contributed by atoms with Crippen molar-refractivity contribution in [1.82, 2.24) is 10.2 Å². The van der Waals surface area contributed by atoms with Gasteiger partial charge in [0.1, 0.15) is 5.76 Å². The van der Waals surface area contributed by atoms with Crippen LogP contribution in [0.2, 0.25) is 0 Å². The van der Waals surface area contributed by atoms with Crippen LogP contribution in [0.1, 0.15) is 55.6 Å². The van der Waals surface area contributed by atoms with Crippen molar-refractivity contribution in [2.24, 2.45) is 11.1 Å². The molecule has 134 valence electrons. The van der Waals surface area contributed by atoms with Crippen LogP contribution in [-0.4, -0.2) is 42.4 Å². The number of carbonyl (C=O) groups excluding carboxylic acids is 2. The third-order valence-corrected chi connectivity index (χ3v) is 5.42. The van der Waals surface area contributed by atoms with E-state index in [9.17, 15) is 9.59 Å². The van der Waals surface area contributed by atoms with Crippen molar-refractivity contribution in [3.8, 4) is 0 Å². The summed E-state index contributed by atoms with van der Waals surface area (Å²) in [6, 6.07) is 1.77. The van der Waals surface area contributed by atoms with E-state index in [4.69, 9.17) is 10.2 Å². The number of hydrogen-bond acceptors (Lipinski definition) is 4. The molecule has 0 aromatic carbocycles. The Morgan fingerprint density at radius 2 is 1.96 bits per heavy atom. The molecule has 6 nitrogen and oxygen atoms in total. The number of hydrogen-bond donors (Lipinski definition) is 2. The number of likely N-dealkylation sites (tertiary alicyclic amines) is 1. The normalized spacial score (nSPS) is 16.2. The second kappa shape index (κ2) is 7.83. The molecule has 2 heterocycles. The predicted molar refractivity (Wildman–Crippen MR) is 92.6 cm³/mol. The second-order valence-corrected chi connectivity index (χ2v) is 6.62. The zero-order valence-corrected chi connectivity index (χ0v) is 14.9. The molecule has 0 atom stereocenters. The standard InChI is InChI=1S/C18H29N3O3/c1-4-18(5-2,12-19)17(23)21-9-6-14(7-10-21)20-16(22)15-8-11-24-13(15)3/h8,11,14H,4-7,9-10,12,19H2,1-3H3,(H,20,22). The fourth-order valence-corrected chi connectivity index (χ4v) is 3.37. The van der Waals surface area contributed by atoms with E-state index in [1.54, 1.807) is 13.0 Å². The van der Waals surface area contributed by atoms with Crippen LogP contribution in [0, 0.1) is 12.3 Å². The maximum absolute atomic E-state index is 12.8. The Bertz CT molecular complexity index is 562. The SMILES string of the molecule is CCC(CC)(CN)C(=O)N1CCC(NC(=O)c2ccoc2C)CC1. The molecule has 2 rings (SSSR count). The summed E-state index contributed by atoms with van der Waals surface area (Å²) in [5, 5.41) is 3.04. The summed E-state index contributed by atoms with van der Waals surface area (Å²) in [5.74, 6) is 0.675. The van der Waals surface area contributed by atoms with Gasteiger partial charge in [0.05, 0.1) is 17.2 Å². The minimum atomic E-state index is -0.440. The van der Waals surface area contributed by atoms with Crippen LogP contribution < -0.4 is 11.1 Å². The van der Waals surface area contributed by atoms with Crippen LogP contribution in [-0.2, 0) is 4.79 Å². The summed E-state index contributed by atoms with van der Waals surface area (Å²) < 4.78 is 5.17. The molecule has 24 heavy (non-hydrogen) atoms. The number of carbonyl (C=O) groups is 2. The van der Waals surface area contributed by atoms with Gasteiger partial charge in [-0.2, -0.15) is 0 Å². The van der Waals surface area contributed by atoms with Crippen LogP contribution >= 0.6 is 0 Å². The van der Waals surface area contributed by atoms with Crippen LogP contribution in [0.5, 0.6) is 0 Å². The molecule has 1 aromatic heterocycles. The number of nitrogens with two attached hydrogens (primary N) is 1. The Morgan fingerprint density at radius 3 is 2.42 bits per heavy atom. The largest absolute Gasteiger partial charge is 0.469 e. The summed E-state index contributed by atoms with van der Waals surface area (Å²) >= 11 is 0. The smallest absolute Gasteiger partial charge is 0.255 e. The summed E-state index contributed by atoms with van der Waals surface area (Å²) in [6.07, 6.45) is 4.57.